The van der Waals surface area contributed by atoms with Crippen molar-refractivity contribution in [2.75, 3.05) is 0 Å². The van der Waals surface area contributed by atoms with Gasteiger partial charge in [0.05, 0.1) is 16.8 Å². The lowest BCUT2D eigenvalue weighted by molar-refractivity contribution is 0.746. The SMILES string of the molecule is CCc1nn(C)cc1-n1c(C(C)Cl)nc2cc(Br)cnc21. The number of fused-ring (bicyclic) bond motifs is 1. The normalized spacial score (nSPS) is 13.0. The van der Waals surface area contributed by atoms with E-state index in [2.05, 4.69) is 37.9 Å². The molecule has 110 valence electrons. The molecule has 3 rings (SSSR count). The molecular formula is C14H15BrClN5. The van der Waals surface area contributed by atoms with Gasteiger partial charge in [0.1, 0.15) is 11.3 Å². The Kier molecular flexibility index (Phi) is 3.75. The summed E-state index contributed by atoms with van der Waals surface area (Å²) < 4.78 is 4.71. The van der Waals surface area contributed by atoms with Crippen LogP contribution in [0.4, 0.5) is 0 Å². The van der Waals surface area contributed by atoms with E-state index in [9.17, 15) is 0 Å². The van der Waals surface area contributed by atoms with Gasteiger partial charge in [0.25, 0.3) is 0 Å². The van der Waals surface area contributed by atoms with Crippen LogP contribution in [0.25, 0.3) is 16.9 Å². The Labute approximate surface area is 136 Å². The lowest BCUT2D eigenvalue weighted by atomic mass is 10.3. The Morgan fingerprint density at radius 1 is 1.43 bits per heavy atom. The zero-order valence-corrected chi connectivity index (χ0v) is 14.4. The number of pyridine rings is 1. The van der Waals surface area contributed by atoms with E-state index in [0.29, 0.717) is 0 Å². The average Bonchev–Trinajstić information content (AvgIpc) is 2.97. The molecule has 0 aliphatic heterocycles. The first kappa shape index (κ1) is 14.5. The third-order valence-electron chi connectivity index (χ3n) is 3.30. The van der Waals surface area contributed by atoms with E-state index in [-0.39, 0.29) is 5.38 Å². The van der Waals surface area contributed by atoms with E-state index in [0.717, 1.165) is 39.3 Å². The molecule has 0 spiro atoms. The highest BCUT2D eigenvalue weighted by molar-refractivity contribution is 9.10. The highest BCUT2D eigenvalue weighted by Gasteiger charge is 2.20. The van der Waals surface area contributed by atoms with Crippen molar-refractivity contribution in [3.63, 3.8) is 0 Å². The fraction of sp³-hybridized carbons (Fsp3) is 0.357. The minimum atomic E-state index is -0.220. The molecule has 0 radical (unpaired) electrons. The fourth-order valence-corrected chi connectivity index (χ4v) is 2.89. The van der Waals surface area contributed by atoms with Crippen LogP contribution in [0.2, 0.25) is 0 Å². The maximum atomic E-state index is 6.32. The summed E-state index contributed by atoms with van der Waals surface area (Å²) in [6.07, 6.45) is 4.58. The molecule has 0 aliphatic carbocycles. The number of aryl methyl sites for hydroxylation is 2. The Morgan fingerprint density at radius 3 is 2.86 bits per heavy atom. The van der Waals surface area contributed by atoms with Crippen molar-refractivity contribution in [1.82, 2.24) is 24.3 Å². The van der Waals surface area contributed by atoms with Gasteiger partial charge in [0.2, 0.25) is 0 Å². The lowest BCUT2D eigenvalue weighted by Gasteiger charge is -2.09. The van der Waals surface area contributed by atoms with Crippen molar-refractivity contribution in [2.24, 2.45) is 7.05 Å². The average molecular weight is 369 g/mol. The van der Waals surface area contributed by atoms with Crippen molar-refractivity contribution in [3.05, 3.63) is 34.5 Å². The second kappa shape index (κ2) is 5.42. The second-order valence-electron chi connectivity index (χ2n) is 4.91. The van der Waals surface area contributed by atoms with E-state index >= 15 is 0 Å². The van der Waals surface area contributed by atoms with Gasteiger partial charge in [-0.15, -0.1) is 11.6 Å². The molecule has 0 bridgehead atoms. The highest BCUT2D eigenvalue weighted by Crippen LogP contribution is 2.29. The molecule has 21 heavy (non-hydrogen) atoms. The summed E-state index contributed by atoms with van der Waals surface area (Å²) in [5.74, 6) is 0.778. The fourth-order valence-electron chi connectivity index (χ4n) is 2.42. The third-order valence-corrected chi connectivity index (χ3v) is 3.93. The van der Waals surface area contributed by atoms with Gasteiger partial charge in [0, 0.05) is 23.9 Å². The molecule has 3 aromatic rings. The number of hydrogen-bond acceptors (Lipinski definition) is 3. The van der Waals surface area contributed by atoms with Gasteiger partial charge in [-0.05, 0) is 35.3 Å². The standard InChI is InChI=1S/C14H15BrClN5/c1-4-10-12(7-20(3)19-10)21-13(8(2)16)18-11-5-9(15)6-17-14(11)21/h5-8H,4H2,1-3H3. The molecular weight excluding hydrogens is 354 g/mol. The Hall–Kier alpha value is -1.40. The molecule has 0 N–H and O–H groups in total. The van der Waals surface area contributed by atoms with E-state index in [1.807, 2.05) is 35.5 Å². The highest BCUT2D eigenvalue weighted by atomic mass is 79.9. The van der Waals surface area contributed by atoms with Crippen LogP contribution in [0.5, 0.6) is 0 Å². The summed E-state index contributed by atoms with van der Waals surface area (Å²) >= 11 is 9.75. The Morgan fingerprint density at radius 2 is 2.19 bits per heavy atom. The zero-order chi connectivity index (χ0) is 15.1. The first-order valence-corrected chi connectivity index (χ1v) is 7.95. The number of rotatable bonds is 3. The third kappa shape index (κ3) is 2.46. The number of imidazole rings is 1. The molecule has 3 aromatic heterocycles. The van der Waals surface area contributed by atoms with Gasteiger partial charge in [-0.2, -0.15) is 5.10 Å². The molecule has 0 fully saturated rings. The summed E-state index contributed by atoms with van der Waals surface area (Å²) in [4.78, 5) is 9.14. The minimum Gasteiger partial charge on any atom is -0.276 e. The van der Waals surface area contributed by atoms with Crippen molar-refractivity contribution >= 4 is 38.7 Å². The maximum absolute atomic E-state index is 6.32. The van der Waals surface area contributed by atoms with Gasteiger partial charge < -0.3 is 0 Å². The molecule has 5 nitrogen and oxygen atoms in total. The number of hydrogen-bond donors (Lipinski definition) is 0. The predicted molar refractivity (Wildman–Crippen MR) is 87.0 cm³/mol. The smallest absolute Gasteiger partial charge is 0.164 e. The van der Waals surface area contributed by atoms with Gasteiger partial charge >= 0.3 is 0 Å². The molecule has 0 aliphatic rings. The van der Waals surface area contributed by atoms with Gasteiger partial charge in [0.15, 0.2) is 5.65 Å². The second-order valence-corrected chi connectivity index (χ2v) is 6.48. The minimum absolute atomic E-state index is 0.220. The van der Waals surface area contributed by atoms with Crippen molar-refractivity contribution in [3.8, 4) is 5.69 Å². The van der Waals surface area contributed by atoms with Crippen LogP contribution in [0.15, 0.2) is 22.9 Å². The lowest BCUT2D eigenvalue weighted by Crippen LogP contribution is -2.04. The molecule has 0 saturated heterocycles. The van der Waals surface area contributed by atoms with Gasteiger partial charge in [-0.1, -0.05) is 6.92 Å². The number of nitrogens with zero attached hydrogens (tertiary/aromatic N) is 5. The first-order valence-electron chi connectivity index (χ1n) is 6.72. The van der Waals surface area contributed by atoms with Crippen molar-refractivity contribution < 1.29 is 0 Å². The van der Waals surface area contributed by atoms with Crippen LogP contribution in [0.1, 0.15) is 30.7 Å². The van der Waals surface area contributed by atoms with Crippen molar-refractivity contribution in [1.29, 1.82) is 0 Å². The molecule has 1 unspecified atom stereocenters. The molecule has 7 heteroatoms. The predicted octanol–water partition coefficient (Wildman–Crippen LogP) is 3.78. The first-order chi connectivity index (χ1) is 10.0. The van der Waals surface area contributed by atoms with Crippen molar-refractivity contribution in [2.45, 2.75) is 25.6 Å². The molecule has 0 amide bonds. The van der Waals surface area contributed by atoms with Crippen LogP contribution in [0, 0.1) is 0 Å². The molecule has 1 atom stereocenters. The number of alkyl halides is 1. The number of aromatic nitrogens is 5. The molecule has 3 heterocycles. The summed E-state index contributed by atoms with van der Waals surface area (Å²) in [6, 6.07) is 1.95. The topological polar surface area (TPSA) is 48.5 Å². The van der Waals surface area contributed by atoms with Crippen LogP contribution in [-0.2, 0) is 13.5 Å². The van der Waals surface area contributed by atoms with Crippen LogP contribution >= 0.6 is 27.5 Å². The van der Waals surface area contributed by atoms with E-state index in [1.165, 1.54) is 0 Å². The summed E-state index contributed by atoms with van der Waals surface area (Å²) in [7, 11) is 1.91. The van der Waals surface area contributed by atoms with Gasteiger partial charge in [-0.3, -0.25) is 9.25 Å². The quantitative estimate of drug-likeness (QED) is 0.661. The molecule has 0 aromatic carbocycles. The Bertz CT molecular complexity index is 805. The van der Waals surface area contributed by atoms with E-state index < -0.39 is 0 Å². The monoisotopic (exact) mass is 367 g/mol. The Balaban J connectivity index is 2.36. The maximum Gasteiger partial charge on any atom is 0.164 e. The number of halogens is 2. The summed E-state index contributed by atoms with van der Waals surface area (Å²) in [6.45, 7) is 4.00. The summed E-state index contributed by atoms with van der Waals surface area (Å²) in [5, 5.41) is 4.28. The van der Waals surface area contributed by atoms with Crippen LogP contribution in [0.3, 0.4) is 0 Å². The van der Waals surface area contributed by atoms with Crippen LogP contribution in [-0.4, -0.2) is 24.3 Å². The van der Waals surface area contributed by atoms with E-state index in [4.69, 9.17) is 11.6 Å². The largest absolute Gasteiger partial charge is 0.276 e. The zero-order valence-electron chi connectivity index (χ0n) is 12.0. The van der Waals surface area contributed by atoms with Gasteiger partial charge in [-0.25, -0.2) is 9.97 Å². The van der Waals surface area contributed by atoms with Crippen LogP contribution < -0.4 is 0 Å². The van der Waals surface area contributed by atoms with E-state index in [1.54, 1.807) is 6.20 Å². The molecule has 0 saturated carbocycles. The summed E-state index contributed by atoms with van der Waals surface area (Å²) in [5.41, 5.74) is 3.60.